The van der Waals surface area contributed by atoms with Crippen molar-refractivity contribution in [2.45, 2.75) is 26.1 Å². The minimum atomic E-state index is -0.620. The van der Waals surface area contributed by atoms with Gasteiger partial charge in [0.2, 0.25) is 0 Å². The monoisotopic (exact) mass is 398 g/mol. The van der Waals surface area contributed by atoms with Gasteiger partial charge in [0.05, 0.1) is 12.2 Å². The van der Waals surface area contributed by atoms with Crippen LogP contribution in [0.4, 0.5) is 5.69 Å². The molecule has 0 radical (unpaired) electrons. The number of hydrogen-bond donors (Lipinski definition) is 1. The van der Waals surface area contributed by atoms with Gasteiger partial charge >= 0.3 is 0 Å². The topological polar surface area (TPSA) is 62.2 Å². The van der Waals surface area contributed by atoms with Crippen LogP contribution in [0.3, 0.4) is 0 Å². The summed E-state index contributed by atoms with van der Waals surface area (Å²) in [4.78, 5) is 15.7. The largest absolute Gasteiger partial charge is 0.491 e. The highest BCUT2D eigenvalue weighted by molar-refractivity contribution is 5.94. The van der Waals surface area contributed by atoms with E-state index in [1.54, 1.807) is 24.3 Å². The number of para-hydroxylation sites is 2. The Bertz CT molecular complexity index is 809. The number of likely N-dealkylation sites (N-methyl/N-ethyl adjacent to an activating group) is 2. The van der Waals surface area contributed by atoms with Gasteiger partial charge in [-0.2, -0.15) is 0 Å². The molecule has 0 spiro atoms. The van der Waals surface area contributed by atoms with E-state index in [-0.39, 0.29) is 18.5 Å². The minimum Gasteiger partial charge on any atom is -0.491 e. The first-order chi connectivity index (χ1) is 14.0. The Morgan fingerprint density at radius 1 is 1.28 bits per heavy atom. The molecule has 1 aliphatic rings. The van der Waals surface area contributed by atoms with Crippen LogP contribution in [0.2, 0.25) is 0 Å². The van der Waals surface area contributed by atoms with Crippen molar-refractivity contribution in [1.82, 2.24) is 4.90 Å². The first-order valence-electron chi connectivity index (χ1n) is 10.1. The van der Waals surface area contributed by atoms with Gasteiger partial charge in [0.15, 0.2) is 5.78 Å². The van der Waals surface area contributed by atoms with Crippen LogP contribution in [0, 0.1) is 0 Å². The fraction of sp³-hybridized carbons (Fsp3) is 0.435. The molecular weight excluding hydrogens is 368 g/mol. The molecule has 2 aromatic carbocycles. The number of hydrogen-bond acceptors (Lipinski definition) is 6. The number of nitrogens with zero attached hydrogens (tertiary/aromatic N) is 2. The molecule has 0 amide bonds. The zero-order chi connectivity index (χ0) is 20.8. The number of carbonyl (C=O) groups is 1. The average molecular weight is 399 g/mol. The van der Waals surface area contributed by atoms with E-state index >= 15 is 0 Å². The number of ether oxygens (including phenoxy) is 2. The van der Waals surface area contributed by atoms with Gasteiger partial charge in [0.1, 0.15) is 30.3 Å². The molecule has 0 saturated carbocycles. The highest BCUT2D eigenvalue weighted by atomic mass is 16.5. The second kappa shape index (κ2) is 9.76. The van der Waals surface area contributed by atoms with E-state index in [2.05, 4.69) is 22.8 Å². The van der Waals surface area contributed by atoms with E-state index < -0.39 is 6.10 Å². The van der Waals surface area contributed by atoms with Gasteiger partial charge in [-0.05, 0) is 57.3 Å². The Kier molecular flexibility index (Phi) is 7.12. The van der Waals surface area contributed by atoms with Gasteiger partial charge in [-0.1, -0.05) is 12.1 Å². The third-order valence-electron chi connectivity index (χ3n) is 5.05. The van der Waals surface area contributed by atoms with Gasteiger partial charge < -0.3 is 19.5 Å². The predicted octanol–water partition coefficient (Wildman–Crippen LogP) is 2.85. The molecule has 0 saturated heterocycles. The maximum absolute atomic E-state index is 11.3. The third-order valence-corrected chi connectivity index (χ3v) is 5.05. The summed E-state index contributed by atoms with van der Waals surface area (Å²) in [5.74, 6) is 1.58. The number of Topliss-reactive ketones (excluding diaryl/α,β-unsaturated/α-hetero) is 1. The van der Waals surface area contributed by atoms with Crippen molar-refractivity contribution >= 4 is 11.5 Å². The van der Waals surface area contributed by atoms with Crippen molar-refractivity contribution in [3.8, 4) is 11.5 Å². The molecule has 2 atom stereocenters. The molecule has 0 bridgehead atoms. The summed E-state index contributed by atoms with van der Waals surface area (Å²) >= 11 is 0. The summed E-state index contributed by atoms with van der Waals surface area (Å²) in [6.07, 6.45) is -0.576. The molecule has 1 aliphatic heterocycles. The Labute approximate surface area is 172 Å². The van der Waals surface area contributed by atoms with Crippen molar-refractivity contribution in [2.24, 2.45) is 0 Å². The fourth-order valence-electron chi connectivity index (χ4n) is 3.59. The number of benzene rings is 2. The SMILES string of the molecule is CCN1CC(CN(C)CC(O)COc2ccc(C(C)=O)cc2)Oc2ccccc21. The van der Waals surface area contributed by atoms with Gasteiger partial charge in [-0.15, -0.1) is 0 Å². The summed E-state index contributed by atoms with van der Waals surface area (Å²) in [6.45, 7) is 6.83. The number of ketones is 1. The summed E-state index contributed by atoms with van der Waals surface area (Å²) < 4.78 is 11.8. The van der Waals surface area contributed by atoms with Gasteiger partial charge in [0, 0.05) is 25.2 Å². The Morgan fingerprint density at radius 2 is 2.00 bits per heavy atom. The van der Waals surface area contributed by atoms with Crippen molar-refractivity contribution in [3.63, 3.8) is 0 Å². The lowest BCUT2D eigenvalue weighted by Gasteiger charge is -2.37. The fourth-order valence-corrected chi connectivity index (χ4v) is 3.59. The minimum absolute atomic E-state index is 0.0207. The van der Waals surface area contributed by atoms with Crippen LogP contribution in [0.5, 0.6) is 11.5 Å². The molecule has 2 aromatic rings. The van der Waals surface area contributed by atoms with E-state index in [4.69, 9.17) is 9.47 Å². The van der Waals surface area contributed by atoms with Crippen LogP contribution in [0.25, 0.3) is 0 Å². The smallest absolute Gasteiger partial charge is 0.159 e. The normalized spacial score (nSPS) is 16.9. The van der Waals surface area contributed by atoms with Gasteiger partial charge in [0.25, 0.3) is 0 Å². The Hall–Kier alpha value is -2.57. The Balaban J connectivity index is 1.46. The van der Waals surface area contributed by atoms with Crippen molar-refractivity contribution in [1.29, 1.82) is 0 Å². The van der Waals surface area contributed by atoms with Crippen molar-refractivity contribution < 1.29 is 19.4 Å². The number of aliphatic hydroxyl groups is 1. The molecule has 6 nitrogen and oxygen atoms in total. The first kappa shape index (κ1) is 21.1. The van der Waals surface area contributed by atoms with Crippen LogP contribution in [-0.4, -0.2) is 67.8 Å². The lowest BCUT2D eigenvalue weighted by molar-refractivity contribution is 0.0606. The lowest BCUT2D eigenvalue weighted by atomic mass is 10.1. The number of carbonyl (C=O) groups excluding carboxylic acids is 1. The highest BCUT2D eigenvalue weighted by Crippen LogP contribution is 2.32. The average Bonchev–Trinajstić information content (AvgIpc) is 2.71. The van der Waals surface area contributed by atoms with E-state index in [0.29, 0.717) is 17.9 Å². The molecule has 29 heavy (non-hydrogen) atoms. The van der Waals surface area contributed by atoms with E-state index in [0.717, 1.165) is 31.1 Å². The second-order valence-corrected chi connectivity index (χ2v) is 7.51. The first-order valence-corrected chi connectivity index (χ1v) is 10.1. The number of rotatable bonds is 9. The Morgan fingerprint density at radius 3 is 2.69 bits per heavy atom. The molecule has 2 unspecified atom stereocenters. The predicted molar refractivity (Wildman–Crippen MR) is 114 cm³/mol. The molecule has 156 valence electrons. The quantitative estimate of drug-likeness (QED) is 0.656. The van der Waals surface area contributed by atoms with Crippen LogP contribution in [-0.2, 0) is 0 Å². The zero-order valence-electron chi connectivity index (χ0n) is 17.4. The third kappa shape index (κ3) is 5.71. The van der Waals surface area contributed by atoms with E-state index in [9.17, 15) is 9.90 Å². The maximum atomic E-state index is 11.3. The molecule has 1 heterocycles. The van der Waals surface area contributed by atoms with E-state index in [1.807, 2.05) is 25.2 Å². The summed E-state index contributed by atoms with van der Waals surface area (Å²) in [7, 11) is 1.98. The number of anilines is 1. The lowest BCUT2D eigenvalue weighted by Crippen LogP contribution is -2.47. The molecular formula is C23H30N2O4. The highest BCUT2D eigenvalue weighted by Gasteiger charge is 2.25. The zero-order valence-corrected chi connectivity index (χ0v) is 17.4. The van der Waals surface area contributed by atoms with Gasteiger partial charge in [-0.25, -0.2) is 0 Å². The molecule has 6 heteroatoms. The number of fused-ring (bicyclic) bond motifs is 1. The molecule has 0 aromatic heterocycles. The maximum Gasteiger partial charge on any atom is 0.159 e. The van der Waals surface area contributed by atoms with Gasteiger partial charge in [-0.3, -0.25) is 9.69 Å². The van der Waals surface area contributed by atoms with Crippen LogP contribution < -0.4 is 14.4 Å². The summed E-state index contributed by atoms with van der Waals surface area (Å²) in [5.41, 5.74) is 1.78. The second-order valence-electron chi connectivity index (χ2n) is 7.51. The molecule has 3 rings (SSSR count). The van der Waals surface area contributed by atoms with E-state index in [1.165, 1.54) is 6.92 Å². The standard InChI is InChI=1S/C23H30N2O4/c1-4-25-15-21(29-23-8-6-5-7-22(23)25)14-24(3)13-19(27)16-28-20-11-9-18(10-12-20)17(2)26/h5-12,19,21,27H,4,13-16H2,1-3H3. The number of aliphatic hydroxyl groups excluding tert-OH is 1. The molecule has 1 N–H and O–H groups in total. The van der Waals surface area contributed by atoms with Crippen LogP contribution >= 0.6 is 0 Å². The molecule has 0 aliphatic carbocycles. The summed E-state index contributed by atoms with van der Waals surface area (Å²) in [6, 6.07) is 15.1. The van der Waals surface area contributed by atoms with Crippen molar-refractivity contribution in [3.05, 3.63) is 54.1 Å². The van der Waals surface area contributed by atoms with Crippen LogP contribution in [0.15, 0.2) is 48.5 Å². The van der Waals surface area contributed by atoms with Crippen LogP contribution in [0.1, 0.15) is 24.2 Å². The summed E-state index contributed by atoms with van der Waals surface area (Å²) in [5, 5.41) is 10.3. The molecule has 0 fully saturated rings. The van der Waals surface area contributed by atoms with Crippen molar-refractivity contribution in [2.75, 3.05) is 44.7 Å².